The maximum absolute atomic E-state index is 12.7. The number of aryl methyl sites for hydroxylation is 1. The summed E-state index contributed by atoms with van der Waals surface area (Å²) in [5.74, 6) is 2.38. The van der Waals surface area contributed by atoms with Crippen molar-refractivity contribution >= 4 is 29.3 Å². The molecule has 8 nitrogen and oxygen atoms in total. The van der Waals surface area contributed by atoms with Crippen LogP contribution < -0.4 is 9.80 Å². The quantitative estimate of drug-likeness (QED) is 0.538. The number of nitrogens with zero attached hydrogens (tertiary/aromatic N) is 6. The van der Waals surface area contributed by atoms with Crippen molar-refractivity contribution in [2.45, 2.75) is 12.1 Å². The number of pyridine rings is 1. The van der Waals surface area contributed by atoms with E-state index in [2.05, 4.69) is 24.8 Å². The molecule has 29 heavy (non-hydrogen) atoms. The second-order valence-corrected chi connectivity index (χ2v) is 8.04. The normalized spacial score (nSPS) is 17.5. The van der Waals surface area contributed by atoms with Crippen molar-refractivity contribution in [3.05, 3.63) is 36.2 Å². The van der Waals surface area contributed by atoms with Crippen LogP contribution in [0.25, 0.3) is 0 Å². The fourth-order valence-corrected chi connectivity index (χ4v) is 4.29. The van der Waals surface area contributed by atoms with Crippen LogP contribution in [0.2, 0.25) is 0 Å². The van der Waals surface area contributed by atoms with E-state index in [4.69, 9.17) is 4.74 Å². The molecule has 0 radical (unpaired) electrons. The van der Waals surface area contributed by atoms with E-state index in [1.165, 1.54) is 11.8 Å². The predicted octanol–water partition coefficient (Wildman–Crippen LogP) is 1.46. The van der Waals surface area contributed by atoms with Crippen molar-refractivity contribution in [3.63, 3.8) is 0 Å². The standard InChI is InChI=1S/C20H26N6O2S/c1-16-14-18(25-10-12-28-13-11-25)23-20(22-16)29-15-19(27)26-8-6-24(7-9-26)17-4-2-3-5-21-17/h2-5,14H,6-13,15H2,1H3. The Hall–Kier alpha value is -2.39. The lowest BCUT2D eigenvalue weighted by atomic mass is 10.3. The van der Waals surface area contributed by atoms with Gasteiger partial charge in [-0.3, -0.25) is 4.79 Å². The number of ether oxygens (including phenoxy) is 1. The fourth-order valence-electron chi connectivity index (χ4n) is 3.49. The first kappa shape index (κ1) is 19.9. The summed E-state index contributed by atoms with van der Waals surface area (Å²) in [6, 6.07) is 7.91. The van der Waals surface area contributed by atoms with Crippen LogP contribution in [0.15, 0.2) is 35.6 Å². The van der Waals surface area contributed by atoms with Gasteiger partial charge in [-0.05, 0) is 19.1 Å². The van der Waals surface area contributed by atoms with Crippen LogP contribution in [0.3, 0.4) is 0 Å². The highest BCUT2D eigenvalue weighted by Crippen LogP contribution is 2.21. The van der Waals surface area contributed by atoms with Gasteiger partial charge in [-0.15, -0.1) is 0 Å². The van der Waals surface area contributed by atoms with Crippen LogP contribution in [0.4, 0.5) is 11.6 Å². The van der Waals surface area contributed by atoms with Crippen LogP contribution in [-0.4, -0.2) is 84.0 Å². The zero-order chi connectivity index (χ0) is 20.1. The minimum absolute atomic E-state index is 0.133. The van der Waals surface area contributed by atoms with Gasteiger partial charge in [-0.25, -0.2) is 15.0 Å². The van der Waals surface area contributed by atoms with E-state index in [-0.39, 0.29) is 5.91 Å². The zero-order valence-electron chi connectivity index (χ0n) is 16.7. The number of piperazine rings is 1. The maximum atomic E-state index is 12.7. The molecule has 0 saturated carbocycles. The van der Waals surface area contributed by atoms with Crippen molar-refractivity contribution in [2.75, 3.05) is 68.0 Å². The third kappa shape index (κ3) is 5.16. The summed E-state index contributed by atoms with van der Waals surface area (Å²) in [7, 11) is 0. The van der Waals surface area contributed by atoms with E-state index in [0.717, 1.165) is 43.5 Å². The molecule has 2 aliphatic rings. The highest BCUT2D eigenvalue weighted by Gasteiger charge is 2.22. The first-order valence-electron chi connectivity index (χ1n) is 9.94. The highest BCUT2D eigenvalue weighted by atomic mass is 32.2. The van der Waals surface area contributed by atoms with Crippen LogP contribution >= 0.6 is 11.8 Å². The lowest BCUT2D eigenvalue weighted by Gasteiger charge is -2.35. The third-order valence-electron chi connectivity index (χ3n) is 5.09. The van der Waals surface area contributed by atoms with Gasteiger partial charge in [0.15, 0.2) is 5.16 Å². The van der Waals surface area contributed by atoms with Gasteiger partial charge >= 0.3 is 0 Å². The molecular formula is C20H26N6O2S. The summed E-state index contributed by atoms with van der Waals surface area (Å²) >= 11 is 1.41. The van der Waals surface area contributed by atoms with Crippen molar-refractivity contribution < 1.29 is 9.53 Å². The summed E-state index contributed by atoms with van der Waals surface area (Å²) in [5.41, 5.74) is 0.917. The molecule has 0 bridgehead atoms. The number of amides is 1. The summed E-state index contributed by atoms with van der Waals surface area (Å²) in [6.45, 7) is 8.09. The highest BCUT2D eigenvalue weighted by molar-refractivity contribution is 7.99. The maximum Gasteiger partial charge on any atom is 0.233 e. The van der Waals surface area contributed by atoms with Crippen molar-refractivity contribution in [1.29, 1.82) is 0 Å². The Morgan fingerprint density at radius 3 is 2.52 bits per heavy atom. The number of rotatable bonds is 5. The number of carbonyl (C=O) groups excluding carboxylic acids is 1. The van der Waals surface area contributed by atoms with Gasteiger partial charge in [0.2, 0.25) is 5.91 Å². The molecule has 154 valence electrons. The monoisotopic (exact) mass is 414 g/mol. The largest absolute Gasteiger partial charge is 0.378 e. The lowest BCUT2D eigenvalue weighted by Crippen LogP contribution is -2.49. The SMILES string of the molecule is Cc1cc(N2CCOCC2)nc(SCC(=O)N2CCN(c3ccccn3)CC2)n1. The topological polar surface area (TPSA) is 74.7 Å². The summed E-state index contributed by atoms with van der Waals surface area (Å²) in [4.78, 5) is 32.6. The molecule has 0 aromatic carbocycles. The Balaban J connectivity index is 1.30. The zero-order valence-corrected chi connectivity index (χ0v) is 17.5. The smallest absolute Gasteiger partial charge is 0.233 e. The summed E-state index contributed by atoms with van der Waals surface area (Å²) in [6.07, 6.45) is 1.80. The van der Waals surface area contributed by atoms with E-state index in [0.29, 0.717) is 37.2 Å². The first-order chi connectivity index (χ1) is 14.2. The molecule has 2 aliphatic heterocycles. The second kappa shape index (κ2) is 9.41. The molecule has 2 aromatic heterocycles. The van der Waals surface area contributed by atoms with Crippen LogP contribution in [-0.2, 0) is 9.53 Å². The molecule has 0 spiro atoms. The van der Waals surface area contributed by atoms with Gasteiger partial charge in [-0.1, -0.05) is 17.8 Å². The lowest BCUT2D eigenvalue weighted by molar-refractivity contribution is -0.128. The molecule has 2 saturated heterocycles. The Kier molecular flexibility index (Phi) is 6.46. The molecule has 0 N–H and O–H groups in total. The van der Waals surface area contributed by atoms with Gasteiger partial charge in [0.1, 0.15) is 11.6 Å². The van der Waals surface area contributed by atoms with Gasteiger partial charge in [0.05, 0.1) is 19.0 Å². The van der Waals surface area contributed by atoms with Gasteiger partial charge in [-0.2, -0.15) is 0 Å². The number of morpholine rings is 1. The van der Waals surface area contributed by atoms with E-state index < -0.39 is 0 Å². The van der Waals surface area contributed by atoms with Gasteiger partial charge in [0.25, 0.3) is 0 Å². The van der Waals surface area contributed by atoms with Crippen LogP contribution in [0.1, 0.15) is 5.69 Å². The molecule has 4 heterocycles. The van der Waals surface area contributed by atoms with E-state index >= 15 is 0 Å². The average molecular weight is 415 g/mol. The Morgan fingerprint density at radius 2 is 1.79 bits per heavy atom. The van der Waals surface area contributed by atoms with Crippen LogP contribution in [0.5, 0.6) is 0 Å². The number of aromatic nitrogens is 3. The van der Waals surface area contributed by atoms with Crippen molar-refractivity contribution in [1.82, 2.24) is 19.9 Å². The second-order valence-electron chi connectivity index (χ2n) is 7.09. The molecule has 2 aromatic rings. The van der Waals surface area contributed by atoms with Crippen molar-refractivity contribution in [2.24, 2.45) is 0 Å². The molecule has 0 aliphatic carbocycles. The number of carbonyl (C=O) groups is 1. The minimum atomic E-state index is 0.133. The third-order valence-corrected chi connectivity index (χ3v) is 5.92. The summed E-state index contributed by atoms with van der Waals surface area (Å²) in [5, 5.41) is 0.659. The number of thioether (sulfide) groups is 1. The molecule has 4 rings (SSSR count). The number of hydrogen-bond donors (Lipinski definition) is 0. The Bertz CT molecular complexity index is 823. The Labute approximate surface area is 175 Å². The molecule has 0 unspecified atom stereocenters. The minimum Gasteiger partial charge on any atom is -0.378 e. The molecule has 2 fully saturated rings. The molecule has 0 atom stereocenters. The van der Waals surface area contributed by atoms with Crippen molar-refractivity contribution in [3.8, 4) is 0 Å². The van der Waals surface area contributed by atoms with E-state index in [1.54, 1.807) is 6.20 Å². The fraction of sp³-hybridized carbons (Fsp3) is 0.500. The number of anilines is 2. The molecular weight excluding hydrogens is 388 g/mol. The Morgan fingerprint density at radius 1 is 1.03 bits per heavy atom. The van der Waals surface area contributed by atoms with Gasteiger partial charge < -0.3 is 19.4 Å². The first-order valence-corrected chi connectivity index (χ1v) is 10.9. The molecule has 1 amide bonds. The van der Waals surface area contributed by atoms with E-state index in [9.17, 15) is 4.79 Å². The number of hydrogen-bond acceptors (Lipinski definition) is 8. The van der Waals surface area contributed by atoms with Gasteiger partial charge in [0, 0.05) is 57.2 Å². The summed E-state index contributed by atoms with van der Waals surface area (Å²) < 4.78 is 5.42. The average Bonchev–Trinajstić information content (AvgIpc) is 2.78. The molecule has 9 heteroatoms. The van der Waals surface area contributed by atoms with Crippen LogP contribution in [0, 0.1) is 6.92 Å². The predicted molar refractivity (Wildman–Crippen MR) is 114 cm³/mol. The van der Waals surface area contributed by atoms with E-state index in [1.807, 2.05) is 36.1 Å².